The standard InChI is InChI=1S/C20H27F2N7O3S/c1-2-33(31,32)28-7-5-27(6-8-28)17-15(21)9-12(10-16(17)22)19-25-11-14(18(23)30)20(29(19)24)26-13-3-4-13/h9-11,13,20,26H,2-8,24H2,1H3,(H2,23,30). The third kappa shape index (κ3) is 4.71. The van der Waals surface area contributed by atoms with Gasteiger partial charge in [0.1, 0.15) is 23.5 Å². The van der Waals surface area contributed by atoms with Gasteiger partial charge in [0.2, 0.25) is 15.9 Å². The van der Waals surface area contributed by atoms with Gasteiger partial charge >= 0.3 is 0 Å². The maximum atomic E-state index is 15.1. The predicted molar refractivity (Wildman–Crippen MR) is 119 cm³/mol. The van der Waals surface area contributed by atoms with Gasteiger partial charge in [-0.15, -0.1) is 0 Å². The lowest BCUT2D eigenvalue weighted by molar-refractivity contribution is -0.115. The van der Waals surface area contributed by atoms with Crippen molar-refractivity contribution in [3.05, 3.63) is 41.1 Å². The third-order valence-corrected chi connectivity index (χ3v) is 7.87. The zero-order chi connectivity index (χ0) is 23.9. The molecule has 5 N–H and O–H groups in total. The predicted octanol–water partition coefficient (Wildman–Crippen LogP) is -0.180. The van der Waals surface area contributed by atoms with Crippen molar-refractivity contribution in [2.45, 2.75) is 32.0 Å². The first kappa shape index (κ1) is 23.5. The number of hydrogen-bond acceptors (Lipinski definition) is 8. The quantitative estimate of drug-likeness (QED) is 0.458. The van der Waals surface area contributed by atoms with E-state index in [1.165, 1.54) is 15.4 Å². The fourth-order valence-corrected chi connectivity index (χ4v) is 5.06. The molecule has 2 aliphatic heterocycles. The van der Waals surface area contributed by atoms with E-state index in [1.807, 2.05) is 0 Å². The third-order valence-electron chi connectivity index (χ3n) is 5.99. The van der Waals surface area contributed by atoms with Crippen molar-refractivity contribution in [2.24, 2.45) is 16.6 Å². The SMILES string of the molecule is CCS(=O)(=O)N1CCN(c2c(F)cc(C3=NC=C(C(N)=O)C(NC4CC4)N3N)cc2F)CC1. The number of carbonyl (C=O) groups is 1. The molecule has 1 amide bonds. The molecule has 2 heterocycles. The van der Waals surface area contributed by atoms with Gasteiger partial charge in [-0.05, 0) is 31.9 Å². The minimum Gasteiger partial charge on any atom is -0.366 e. The number of amides is 1. The number of hydrazine groups is 1. The Hall–Kier alpha value is -2.61. The maximum absolute atomic E-state index is 15.1. The van der Waals surface area contributed by atoms with Crippen LogP contribution in [0.3, 0.4) is 0 Å². The van der Waals surface area contributed by atoms with Gasteiger partial charge in [0.15, 0.2) is 5.84 Å². The zero-order valence-electron chi connectivity index (χ0n) is 18.2. The number of nitrogens with two attached hydrogens (primary N) is 2. The molecule has 2 fully saturated rings. The highest BCUT2D eigenvalue weighted by Crippen LogP contribution is 2.29. The molecule has 10 nitrogen and oxygen atoms in total. The lowest BCUT2D eigenvalue weighted by Crippen LogP contribution is -2.57. The van der Waals surface area contributed by atoms with E-state index in [-0.39, 0.29) is 60.6 Å². The Morgan fingerprint density at radius 1 is 1.18 bits per heavy atom. The topological polar surface area (TPSA) is 137 Å². The number of anilines is 1. The van der Waals surface area contributed by atoms with E-state index in [0.717, 1.165) is 30.0 Å². The molecule has 3 aliphatic rings. The molecule has 0 aromatic heterocycles. The molecule has 0 bridgehead atoms. The Kier molecular flexibility index (Phi) is 6.40. The number of nitrogens with one attached hydrogen (secondary N) is 1. The van der Waals surface area contributed by atoms with E-state index >= 15 is 8.78 Å². The van der Waals surface area contributed by atoms with Gasteiger partial charge in [-0.25, -0.2) is 28.0 Å². The van der Waals surface area contributed by atoms with Gasteiger partial charge < -0.3 is 10.6 Å². The monoisotopic (exact) mass is 483 g/mol. The van der Waals surface area contributed by atoms with Gasteiger partial charge in [0.25, 0.3) is 0 Å². The van der Waals surface area contributed by atoms with E-state index in [2.05, 4.69) is 10.3 Å². The Morgan fingerprint density at radius 3 is 2.30 bits per heavy atom. The highest BCUT2D eigenvalue weighted by molar-refractivity contribution is 7.89. The molecule has 1 aliphatic carbocycles. The molecule has 33 heavy (non-hydrogen) atoms. The average molecular weight is 484 g/mol. The summed E-state index contributed by atoms with van der Waals surface area (Å²) >= 11 is 0. The Morgan fingerprint density at radius 2 is 1.79 bits per heavy atom. The summed E-state index contributed by atoms with van der Waals surface area (Å²) in [6.07, 6.45) is 2.35. The summed E-state index contributed by atoms with van der Waals surface area (Å²) in [5.41, 5.74) is 5.46. The summed E-state index contributed by atoms with van der Waals surface area (Å²) in [5, 5.41) is 4.34. The fourth-order valence-electron chi connectivity index (χ4n) is 3.97. The van der Waals surface area contributed by atoms with E-state index in [4.69, 9.17) is 11.6 Å². The first-order valence-corrected chi connectivity index (χ1v) is 12.3. The number of hydrogen-bond donors (Lipinski definition) is 3. The van der Waals surface area contributed by atoms with Crippen molar-refractivity contribution < 1.29 is 22.0 Å². The molecular weight excluding hydrogens is 456 g/mol. The van der Waals surface area contributed by atoms with Crippen LogP contribution < -0.4 is 21.8 Å². The van der Waals surface area contributed by atoms with Crippen LogP contribution in [0.2, 0.25) is 0 Å². The van der Waals surface area contributed by atoms with E-state index < -0.39 is 33.7 Å². The van der Waals surface area contributed by atoms with Crippen molar-refractivity contribution in [1.29, 1.82) is 0 Å². The van der Waals surface area contributed by atoms with Crippen LogP contribution in [0.25, 0.3) is 0 Å². The van der Waals surface area contributed by atoms with E-state index in [1.54, 1.807) is 6.92 Å². The number of primary amides is 1. The lowest BCUT2D eigenvalue weighted by atomic mass is 10.1. The summed E-state index contributed by atoms with van der Waals surface area (Å²) in [7, 11) is -3.36. The second-order valence-electron chi connectivity index (χ2n) is 8.23. The van der Waals surface area contributed by atoms with Crippen LogP contribution >= 0.6 is 0 Å². The number of halogens is 2. The van der Waals surface area contributed by atoms with Crippen molar-refractivity contribution in [3.63, 3.8) is 0 Å². The van der Waals surface area contributed by atoms with Crippen LogP contribution in [0.4, 0.5) is 14.5 Å². The van der Waals surface area contributed by atoms with Crippen LogP contribution in [-0.2, 0) is 14.8 Å². The number of aliphatic imine (C=N–C) groups is 1. The number of carbonyl (C=O) groups excluding carboxylic acids is 1. The molecule has 1 atom stereocenters. The number of benzene rings is 1. The molecule has 1 aromatic rings. The van der Waals surface area contributed by atoms with Crippen LogP contribution in [0.5, 0.6) is 0 Å². The van der Waals surface area contributed by atoms with Crippen LogP contribution in [0, 0.1) is 11.6 Å². The minimum absolute atomic E-state index is 0.0232. The minimum atomic E-state index is -3.36. The molecule has 1 aromatic carbocycles. The van der Waals surface area contributed by atoms with Crippen LogP contribution in [0.1, 0.15) is 25.3 Å². The first-order chi connectivity index (χ1) is 15.6. The van der Waals surface area contributed by atoms with E-state index in [9.17, 15) is 13.2 Å². The van der Waals surface area contributed by atoms with Crippen LogP contribution in [-0.4, -0.2) is 73.6 Å². The molecule has 1 saturated heterocycles. The molecule has 0 spiro atoms. The Bertz CT molecular complexity index is 1090. The summed E-state index contributed by atoms with van der Waals surface area (Å²) in [6, 6.07) is 2.43. The normalized spacial score (nSPS) is 22.2. The molecular formula is C20H27F2N7O3S. The highest BCUT2D eigenvalue weighted by atomic mass is 32.2. The molecule has 1 unspecified atom stereocenters. The average Bonchev–Trinajstić information content (AvgIpc) is 3.59. The summed E-state index contributed by atoms with van der Waals surface area (Å²) < 4.78 is 55.5. The largest absolute Gasteiger partial charge is 0.366 e. The van der Waals surface area contributed by atoms with Gasteiger partial charge in [-0.2, -0.15) is 4.31 Å². The zero-order valence-corrected chi connectivity index (χ0v) is 19.0. The van der Waals surface area contributed by atoms with Gasteiger partial charge in [0.05, 0.1) is 11.3 Å². The second kappa shape index (κ2) is 8.97. The lowest BCUT2D eigenvalue weighted by Gasteiger charge is -2.36. The van der Waals surface area contributed by atoms with Crippen molar-refractivity contribution in [2.75, 3.05) is 36.8 Å². The van der Waals surface area contributed by atoms with Gasteiger partial charge in [-0.1, -0.05) is 0 Å². The van der Waals surface area contributed by atoms with Gasteiger partial charge in [0, 0.05) is 44.0 Å². The highest BCUT2D eigenvalue weighted by Gasteiger charge is 2.36. The Balaban J connectivity index is 1.58. The Labute approximate surface area is 190 Å². The van der Waals surface area contributed by atoms with Crippen molar-refractivity contribution in [3.8, 4) is 0 Å². The second-order valence-corrected chi connectivity index (χ2v) is 10.5. The number of piperazine rings is 1. The fraction of sp³-hybridized carbons (Fsp3) is 0.500. The molecule has 1 saturated carbocycles. The maximum Gasteiger partial charge on any atom is 0.249 e. The summed E-state index contributed by atoms with van der Waals surface area (Å²) in [4.78, 5) is 17.4. The smallest absolute Gasteiger partial charge is 0.249 e. The van der Waals surface area contributed by atoms with Crippen molar-refractivity contribution in [1.82, 2.24) is 14.6 Å². The number of amidine groups is 1. The summed E-state index contributed by atoms with van der Waals surface area (Å²) in [6.45, 7) is 2.17. The molecule has 0 radical (unpaired) electrons. The van der Waals surface area contributed by atoms with Crippen LogP contribution in [0.15, 0.2) is 28.9 Å². The van der Waals surface area contributed by atoms with Gasteiger partial charge in [-0.3, -0.25) is 15.1 Å². The van der Waals surface area contributed by atoms with E-state index in [0.29, 0.717) is 0 Å². The van der Waals surface area contributed by atoms with Crippen molar-refractivity contribution >= 4 is 27.5 Å². The first-order valence-electron chi connectivity index (χ1n) is 10.7. The molecule has 180 valence electrons. The number of sulfonamides is 1. The number of rotatable bonds is 7. The summed E-state index contributed by atoms with van der Waals surface area (Å²) in [5.74, 6) is 3.92. The molecule has 4 rings (SSSR count). The molecule has 13 heteroatoms. The number of nitrogens with zero attached hydrogens (tertiary/aromatic N) is 4.